The first-order valence-corrected chi connectivity index (χ1v) is 13.7. The Morgan fingerprint density at radius 3 is 2.49 bits per heavy atom. The highest BCUT2D eigenvalue weighted by molar-refractivity contribution is 9.10. The molecule has 2 atom stereocenters. The quantitative estimate of drug-likeness (QED) is 0.408. The minimum atomic E-state index is -0.623. The zero-order valence-corrected chi connectivity index (χ0v) is 22.8. The van der Waals surface area contributed by atoms with Gasteiger partial charge in [0, 0.05) is 29.3 Å². The number of esters is 1. The summed E-state index contributed by atoms with van der Waals surface area (Å²) in [5, 5.41) is 13.9. The first-order chi connectivity index (χ1) is 17.9. The highest BCUT2D eigenvalue weighted by Gasteiger charge is 2.42. The van der Waals surface area contributed by atoms with Crippen molar-refractivity contribution in [1.29, 1.82) is 0 Å². The molecule has 0 unspecified atom stereocenters. The maximum absolute atomic E-state index is 13.8. The molecule has 0 amide bonds. The molecule has 1 fully saturated rings. The van der Waals surface area contributed by atoms with Crippen LogP contribution in [0.3, 0.4) is 0 Å². The summed E-state index contributed by atoms with van der Waals surface area (Å²) in [5.74, 6) is -0.706. The maximum atomic E-state index is 13.8. The Morgan fingerprint density at radius 2 is 1.78 bits per heavy atom. The molecule has 1 saturated carbocycles. The van der Waals surface area contributed by atoms with Crippen molar-refractivity contribution in [3.8, 4) is 11.5 Å². The van der Waals surface area contributed by atoms with Gasteiger partial charge in [-0.25, -0.2) is 4.79 Å². The largest absolute Gasteiger partial charge is 0.503 e. The topological polar surface area (TPSA) is 84.9 Å². The van der Waals surface area contributed by atoms with E-state index in [1.54, 1.807) is 12.1 Å². The van der Waals surface area contributed by atoms with Crippen molar-refractivity contribution < 1.29 is 24.2 Å². The Labute approximate surface area is 225 Å². The van der Waals surface area contributed by atoms with Gasteiger partial charge in [-0.15, -0.1) is 0 Å². The van der Waals surface area contributed by atoms with Gasteiger partial charge in [0.1, 0.15) is 6.10 Å². The Bertz CT molecular complexity index is 1280. The number of dihydropyridines is 1. The van der Waals surface area contributed by atoms with Gasteiger partial charge >= 0.3 is 5.97 Å². The lowest BCUT2D eigenvalue weighted by Gasteiger charge is -2.37. The fourth-order valence-corrected chi connectivity index (χ4v) is 6.38. The first-order valence-electron chi connectivity index (χ1n) is 12.9. The van der Waals surface area contributed by atoms with Crippen LogP contribution < -0.4 is 10.1 Å². The summed E-state index contributed by atoms with van der Waals surface area (Å²) in [6.07, 6.45) is 5.91. The predicted octanol–water partition coefficient (Wildman–Crippen LogP) is 6.40. The molecule has 2 N–H and O–H groups in total. The summed E-state index contributed by atoms with van der Waals surface area (Å²) in [5.41, 5.74) is 4.37. The second-order valence-electron chi connectivity index (χ2n) is 10.1. The van der Waals surface area contributed by atoms with Crippen molar-refractivity contribution >= 4 is 27.7 Å². The number of phenolic OH excluding ortho intramolecular Hbond substituents is 1. The van der Waals surface area contributed by atoms with Gasteiger partial charge < -0.3 is 19.9 Å². The number of Topliss-reactive ketones (excluding diaryl/α,β-unsaturated/α-hetero) is 1. The minimum absolute atomic E-state index is 0.00577. The molecule has 0 spiro atoms. The van der Waals surface area contributed by atoms with E-state index in [2.05, 4.69) is 33.4 Å². The molecule has 0 saturated heterocycles. The third-order valence-corrected chi connectivity index (χ3v) is 8.35. The number of halogens is 1. The van der Waals surface area contributed by atoms with E-state index in [1.807, 2.05) is 25.1 Å². The molecule has 2 aromatic carbocycles. The molecule has 1 aliphatic heterocycles. The summed E-state index contributed by atoms with van der Waals surface area (Å²) in [4.78, 5) is 27.5. The van der Waals surface area contributed by atoms with Crippen LogP contribution in [0, 0.1) is 0 Å². The van der Waals surface area contributed by atoms with E-state index >= 15 is 0 Å². The Morgan fingerprint density at radius 1 is 1.05 bits per heavy atom. The van der Waals surface area contributed by atoms with E-state index in [4.69, 9.17) is 9.47 Å². The highest BCUT2D eigenvalue weighted by Crippen LogP contribution is 2.48. The second-order valence-corrected chi connectivity index (χ2v) is 11.0. The normalized spacial score (nSPS) is 22.4. The van der Waals surface area contributed by atoms with Gasteiger partial charge in [-0.05, 0) is 84.1 Å². The van der Waals surface area contributed by atoms with Crippen LogP contribution in [0.25, 0.3) is 0 Å². The number of phenols is 1. The molecule has 2 aliphatic carbocycles. The molecular formula is C30H32BrNO5. The number of hydrogen-bond donors (Lipinski definition) is 2. The molecule has 0 aromatic heterocycles. The number of allylic oxidation sites excluding steroid dienone is 3. The van der Waals surface area contributed by atoms with Crippen LogP contribution in [-0.2, 0) is 14.3 Å². The van der Waals surface area contributed by atoms with Crippen LogP contribution in [0.2, 0.25) is 0 Å². The van der Waals surface area contributed by atoms with E-state index in [9.17, 15) is 14.7 Å². The molecule has 37 heavy (non-hydrogen) atoms. The molecule has 194 valence electrons. The van der Waals surface area contributed by atoms with Crippen LogP contribution in [0.15, 0.2) is 69.5 Å². The molecule has 3 aliphatic rings. The van der Waals surface area contributed by atoms with Crippen LogP contribution in [-0.4, -0.2) is 30.1 Å². The average molecular weight is 566 g/mol. The fourth-order valence-electron chi connectivity index (χ4n) is 5.92. The van der Waals surface area contributed by atoms with E-state index in [1.165, 1.54) is 7.11 Å². The van der Waals surface area contributed by atoms with Crippen LogP contribution in [0.1, 0.15) is 74.8 Å². The number of nitrogens with one attached hydrogen (secondary N) is 1. The molecule has 7 heteroatoms. The van der Waals surface area contributed by atoms with Gasteiger partial charge in [0.05, 0.1) is 17.2 Å². The zero-order valence-electron chi connectivity index (χ0n) is 21.2. The lowest BCUT2D eigenvalue weighted by Crippen LogP contribution is -2.37. The molecule has 6 nitrogen and oxygen atoms in total. The number of ketones is 1. The molecule has 2 aromatic rings. The van der Waals surface area contributed by atoms with Gasteiger partial charge in [-0.3, -0.25) is 4.79 Å². The van der Waals surface area contributed by atoms with E-state index in [0.717, 1.165) is 43.4 Å². The zero-order chi connectivity index (χ0) is 26.1. The fraction of sp³-hybridized carbons (Fsp3) is 0.400. The monoisotopic (exact) mass is 565 g/mol. The summed E-state index contributed by atoms with van der Waals surface area (Å²) in [6.45, 7) is 1.87. The summed E-state index contributed by atoms with van der Waals surface area (Å²) in [6, 6.07) is 13.5. The Balaban J connectivity index is 1.58. The number of ether oxygens (including phenoxy) is 2. The van der Waals surface area contributed by atoms with Gasteiger partial charge in [0.2, 0.25) is 0 Å². The second kappa shape index (κ2) is 10.7. The van der Waals surface area contributed by atoms with Crippen molar-refractivity contribution in [2.75, 3.05) is 7.11 Å². The number of carbonyl (C=O) groups is 2. The van der Waals surface area contributed by atoms with Gasteiger partial charge in [0.15, 0.2) is 17.3 Å². The Kier molecular flexibility index (Phi) is 7.43. The molecule has 5 rings (SSSR count). The van der Waals surface area contributed by atoms with Crippen LogP contribution in [0.4, 0.5) is 0 Å². The number of carbonyl (C=O) groups excluding carboxylic acids is 2. The third kappa shape index (κ3) is 5.06. The lowest BCUT2D eigenvalue weighted by molar-refractivity contribution is -0.146. The number of rotatable bonds is 5. The molecule has 0 radical (unpaired) electrons. The minimum Gasteiger partial charge on any atom is -0.503 e. The molecule has 1 heterocycles. The van der Waals surface area contributed by atoms with Crippen molar-refractivity contribution in [3.05, 3.63) is 80.6 Å². The SMILES string of the molecule is COc1cc([C@H]2C(C(=O)OC3CCCCC3)=C(C)NC3=C2C(=O)C[C@@H](c2ccccc2)C3)cc(Br)c1O. The smallest absolute Gasteiger partial charge is 0.337 e. The number of methoxy groups -OCH3 is 1. The average Bonchev–Trinajstić information content (AvgIpc) is 2.90. The third-order valence-electron chi connectivity index (χ3n) is 7.75. The van der Waals surface area contributed by atoms with E-state index < -0.39 is 11.9 Å². The first kappa shape index (κ1) is 25.6. The van der Waals surface area contributed by atoms with Crippen molar-refractivity contribution in [2.24, 2.45) is 0 Å². The van der Waals surface area contributed by atoms with Gasteiger partial charge in [0.25, 0.3) is 0 Å². The van der Waals surface area contributed by atoms with Crippen molar-refractivity contribution in [3.63, 3.8) is 0 Å². The van der Waals surface area contributed by atoms with E-state index in [-0.39, 0.29) is 29.3 Å². The van der Waals surface area contributed by atoms with Gasteiger partial charge in [-0.1, -0.05) is 36.8 Å². The predicted molar refractivity (Wildman–Crippen MR) is 144 cm³/mol. The van der Waals surface area contributed by atoms with Crippen LogP contribution in [0.5, 0.6) is 11.5 Å². The highest BCUT2D eigenvalue weighted by atomic mass is 79.9. The summed E-state index contributed by atoms with van der Waals surface area (Å²) in [7, 11) is 1.48. The molecule has 0 bridgehead atoms. The summed E-state index contributed by atoms with van der Waals surface area (Å²) < 4.78 is 11.9. The van der Waals surface area contributed by atoms with Crippen molar-refractivity contribution in [2.45, 2.75) is 69.8 Å². The summed E-state index contributed by atoms with van der Waals surface area (Å²) >= 11 is 3.42. The van der Waals surface area contributed by atoms with Crippen molar-refractivity contribution in [1.82, 2.24) is 5.32 Å². The van der Waals surface area contributed by atoms with Crippen LogP contribution >= 0.6 is 15.9 Å². The Hall–Kier alpha value is -3.06. The standard InChI is InChI=1S/C30H32BrNO5/c1-17-26(30(35)37-21-11-7-4-8-12-21)27(20-13-22(31)29(34)25(16-20)36-2)28-23(32-17)14-19(15-24(28)33)18-9-5-3-6-10-18/h3,5-6,9-10,13,16,19,21,27,32,34H,4,7-8,11-12,14-15H2,1-2H3/t19-,27-/m0/s1. The van der Waals surface area contributed by atoms with Gasteiger partial charge in [-0.2, -0.15) is 0 Å². The number of aromatic hydroxyl groups is 1. The molecular weight excluding hydrogens is 534 g/mol. The number of benzene rings is 2. The lowest BCUT2D eigenvalue weighted by atomic mass is 9.71. The maximum Gasteiger partial charge on any atom is 0.337 e. The van der Waals surface area contributed by atoms with E-state index in [0.29, 0.717) is 39.7 Å². The number of hydrogen-bond acceptors (Lipinski definition) is 6.